The number of hydrogen-bond donors (Lipinski definition) is 0. The summed E-state index contributed by atoms with van der Waals surface area (Å²) in [6.07, 6.45) is 1.70. The molecule has 0 spiro atoms. The van der Waals surface area contributed by atoms with Gasteiger partial charge in [0.15, 0.2) is 0 Å². The Morgan fingerprint density at radius 2 is 1.81 bits per heavy atom. The van der Waals surface area contributed by atoms with Gasteiger partial charge < -0.3 is 9.15 Å². The third-order valence-corrected chi connectivity index (χ3v) is 4.21. The standard InChI is InChI=1S/C19H16ClN5O2/c1-13-22-23-19(27-13)15-4-8-18(9-5-15)26-12-17-10-21-24-25(17)11-14-2-6-16(20)7-3-14/h2-10H,11-12H2,1H3. The molecule has 0 amide bonds. The topological polar surface area (TPSA) is 78.9 Å². The van der Waals surface area contributed by atoms with Crippen molar-refractivity contribution in [2.45, 2.75) is 20.1 Å². The minimum Gasteiger partial charge on any atom is -0.487 e. The van der Waals surface area contributed by atoms with Gasteiger partial charge in [0, 0.05) is 17.5 Å². The number of ether oxygens (including phenoxy) is 1. The Labute approximate surface area is 160 Å². The quantitative estimate of drug-likeness (QED) is 0.503. The van der Waals surface area contributed by atoms with Gasteiger partial charge in [0.25, 0.3) is 0 Å². The Morgan fingerprint density at radius 3 is 2.52 bits per heavy atom. The van der Waals surface area contributed by atoms with Crippen LogP contribution in [-0.2, 0) is 13.2 Å². The normalized spacial score (nSPS) is 10.9. The summed E-state index contributed by atoms with van der Waals surface area (Å²) in [4.78, 5) is 0. The molecule has 0 aliphatic heterocycles. The van der Waals surface area contributed by atoms with E-state index in [1.807, 2.05) is 48.5 Å². The lowest BCUT2D eigenvalue weighted by molar-refractivity contribution is 0.293. The van der Waals surface area contributed by atoms with Gasteiger partial charge in [-0.05, 0) is 42.0 Å². The highest BCUT2D eigenvalue weighted by molar-refractivity contribution is 6.30. The molecule has 27 heavy (non-hydrogen) atoms. The van der Waals surface area contributed by atoms with E-state index in [1.165, 1.54) is 0 Å². The van der Waals surface area contributed by atoms with Crippen molar-refractivity contribution in [3.8, 4) is 17.2 Å². The number of rotatable bonds is 6. The number of aryl methyl sites for hydroxylation is 1. The van der Waals surface area contributed by atoms with Crippen molar-refractivity contribution < 1.29 is 9.15 Å². The maximum Gasteiger partial charge on any atom is 0.247 e. The van der Waals surface area contributed by atoms with E-state index in [0.29, 0.717) is 30.0 Å². The molecule has 2 heterocycles. The first-order valence-electron chi connectivity index (χ1n) is 8.32. The first-order chi connectivity index (χ1) is 13.2. The van der Waals surface area contributed by atoms with Gasteiger partial charge in [0.1, 0.15) is 12.4 Å². The first-order valence-corrected chi connectivity index (χ1v) is 8.70. The molecule has 4 aromatic rings. The molecule has 2 aromatic carbocycles. The van der Waals surface area contributed by atoms with Gasteiger partial charge in [-0.2, -0.15) is 0 Å². The van der Waals surface area contributed by atoms with Gasteiger partial charge in [-0.25, -0.2) is 4.68 Å². The Kier molecular flexibility index (Phi) is 4.84. The molecule has 0 unspecified atom stereocenters. The van der Waals surface area contributed by atoms with Gasteiger partial charge in [-0.3, -0.25) is 0 Å². The lowest BCUT2D eigenvalue weighted by atomic mass is 10.2. The van der Waals surface area contributed by atoms with E-state index in [1.54, 1.807) is 17.8 Å². The Hall–Kier alpha value is -3.19. The highest BCUT2D eigenvalue weighted by Crippen LogP contribution is 2.22. The monoisotopic (exact) mass is 381 g/mol. The van der Waals surface area contributed by atoms with Gasteiger partial charge in [-0.1, -0.05) is 28.9 Å². The molecule has 8 heteroatoms. The molecule has 0 bridgehead atoms. The summed E-state index contributed by atoms with van der Waals surface area (Å²) >= 11 is 5.93. The number of halogens is 1. The third-order valence-electron chi connectivity index (χ3n) is 3.96. The molecule has 4 rings (SSSR count). The summed E-state index contributed by atoms with van der Waals surface area (Å²) < 4.78 is 13.1. The smallest absolute Gasteiger partial charge is 0.247 e. The van der Waals surface area contributed by atoms with E-state index < -0.39 is 0 Å². The average Bonchev–Trinajstić information content (AvgIpc) is 3.31. The predicted molar refractivity (Wildman–Crippen MR) is 99.4 cm³/mol. The van der Waals surface area contributed by atoms with Crippen LogP contribution >= 0.6 is 11.6 Å². The lowest BCUT2D eigenvalue weighted by Crippen LogP contribution is -2.09. The van der Waals surface area contributed by atoms with Crippen LogP contribution in [0.4, 0.5) is 0 Å². The van der Waals surface area contributed by atoms with Gasteiger partial charge in [0.2, 0.25) is 11.8 Å². The second kappa shape index (κ2) is 7.59. The maximum atomic E-state index is 5.93. The summed E-state index contributed by atoms with van der Waals surface area (Å²) in [5.41, 5.74) is 2.81. The third kappa shape index (κ3) is 4.15. The highest BCUT2D eigenvalue weighted by Gasteiger charge is 2.08. The molecule has 0 aliphatic rings. The number of nitrogens with zero attached hydrogens (tertiary/aromatic N) is 5. The van der Waals surface area contributed by atoms with Crippen LogP contribution < -0.4 is 4.74 Å². The first kappa shape index (κ1) is 17.2. The van der Waals surface area contributed by atoms with Gasteiger partial charge >= 0.3 is 0 Å². The zero-order chi connectivity index (χ0) is 18.6. The van der Waals surface area contributed by atoms with Crippen molar-refractivity contribution >= 4 is 11.6 Å². The molecule has 0 saturated carbocycles. The average molecular weight is 382 g/mol. The van der Waals surface area contributed by atoms with E-state index in [2.05, 4.69) is 20.5 Å². The molecule has 0 atom stereocenters. The van der Waals surface area contributed by atoms with E-state index in [0.717, 1.165) is 22.6 Å². The molecular formula is C19H16ClN5O2. The minimum atomic E-state index is 0.361. The van der Waals surface area contributed by atoms with Crippen LogP contribution in [0.3, 0.4) is 0 Å². The highest BCUT2D eigenvalue weighted by atomic mass is 35.5. The van der Waals surface area contributed by atoms with Crippen LogP contribution in [0.15, 0.2) is 59.1 Å². The zero-order valence-electron chi connectivity index (χ0n) is 14.5. The van der Waals surface area contributed by atoms with Crippen molar-refractivity contribution in [1.29, 1.82) is 0 Å². The summed E-state index contributed by atoms with van der Waals surface area (Å²) in [6.45, 7) is 2.72. The Balaban J connectivity index is 1.40. The Bertz CT molecular complexity index is 1020. The molecule has 0 aliphatic carbocycles. The summed E-state index contributed by atoms with van der Waals surface area (Å²) in [5, 5.41) is 16.7. The molecule has 7 nitrogen and oxygen atoms in total. The largest absolute Gasteiger partial charge is 0.487 e. The van der Waals surface area contributed by atoms with Crippen molar-refractivity contribution in [2.75, 3.05) is 0 Å². The molecule has 0 fully saturated rings. The fraction of sp³-hybridized carbons (Fsp3) is 0.158. The van der Waals surface area contributed by atoms with E-state index in [-0.39, 0.29) is 0 Å². The zero-order valence-corrected chi connectivity index (χ0v) is 15.3. The van der Waals surface area contributed by atoms with Crippen molar-refractivity contribution in [1.82, 2.24) is 25.2 Å². The van der Waals surface area contributed by atoms with Crippen LogP contribution in [0, 0.1) is 6.92 Å². The van der Waals surface area contributed by atoms with Crippen molar-refractivity contribution in [3.05, 3.63) is 76.9 Å². The van der Waals surface area contributed by atoms with Crippen LogP contribution in [-0.4, -0.2) is 25.2 Å². The van der Waals surface area contributed by atoms with E-state index in [4.69, 9.17) is 20.8 Å². The number of benzene rings is 2. The molecule has 136 valence electrons. The van der Waals surface area contributed by atoms with Crippen LogP contribution in [0.25, 0.3) is 11.5 Å². The van der Waals surface area contributed by atoms with Crippen LogP contribution in [0.5, 0.6) is 5.75 Å². The van der Waals surface area contributed by atoms with Crippen LogP contribution in [0.1, 0.15) is 17.1 Å². The van der Waals surface area contributed by atoms with Gasteiger partial charge in [0.05, 0.1) is 18.4 Å². The van der Waals surface area contributed by atoms with E-state index in [9.17, 15) is 0 Å². The predicted octanol–water partition coefficient (Wildman–Crippen LogP) is 3.92. The fourth-order valence-corrected chi connectivity index (χ4v) is 2.68. The van der Waals surface area contributed by atoms with Crippen molar-refractivity contribution in [2.24, 2.45) is 0 Å². The maximum absolute atomic E-state index is 5.93. The number of aromatic nitrogens is 5. The molecule has 0 saturated heterocycles. The molecule has 0 N–H and O–H groups in total. The van der Waals surface area contributed by atoms with Gasteiger partial charge in [-0.15, -0.1) is 15.3 Å². The summed E-state index contributed by atoms with van der Waals surface area (Å²) in [7, 11) is 0. The van der Waals surface area contributed by atoms with E-state index >= 15 is 0 Å². The molecule has 0 radical (unpaired) electrons. The molecular weight excluding hydrogens is 366 g/mol. The summed E-state index contributed by atoms with van der Waals surface area (Å²) in [6, 6.07) is 15.1. The van der Waals surface area contributed by atoms with Crippen molar-refractivity contribution in [3.63, 3.8) is 0 Å². The summed E-state index contributed by atoms with van der Waals surface area (Å²) in [5.74, 6) is 1.75. The Morgan fingerprint density at radius 1 is 1.04 bits per heavy atom. The molecule has 2 aromatic heterocycles. The SMILES string of the molecule is Cc1nnc(-c2ccc(OCc3cnnn3Cc3ccc(Cl)cc3)cc2)o1. The van der Waals surface area contributed by atoms with Crippen LogP contribution in [0.2, 0.25) is 5.02 Å². The second-order valence-corrected chi connectivity index (χ2v) is 6.39. The second-order valence-electron chi connectivity index (χ2n) is 5.95. The fourth-order valence-electron chi connectivity index (χ4n) is 2.55. The minimum absolute atomic E-state index is 0.361. The lowest BCUT2D eigenvalue weighted by Gasteiger charge is -2.09. The number of hydrogen-bond acceptors (Lipinski definition) is 6.